The predicted octanol–water partition coefficient (Wildman–Crippen LogP) is 2.14. The summed E-state index contributed by atoms with van der Waals surface area (Å²) in [6.07, 6.45) is 0.790. The van der Waals surface area contributed by atoms with Gasteiger partial charge >= 0.3 is 6.03 Å². The molecule has 0 aliphatic heterocycles. The van der Waals surface area contributed by atoms with E-state index in [1.165, 1.54) is 29.8 Å². The second kappa shape index (κ2) is 8.62. The number of nitrogens with one attached hydrogen (secondary N) is 2. The van der Waals surface area contributed by atoms with Gasteiger partial charge in [-0.1, -0.05) is 12.1 Å². The molecule has 2 amide bonds. The van der Waals surface area contributed by atoms with E-state index in [2.05, 4.69) is 15.7 Å². The van der Waals surface area contributed by atoms with Crippen molar-refractivity contribution in [1.82, 2.24) is 20.4 Å². The molecule has 0 aliphatic rings. The van der Waals surface area contributed by atoms with Gasteiger partial charge in [-0.3, -0.25) is 4.68 Å². The van der Waals surface area contributed by atoms with E-state index in [9.17, 15) is 14.3 Å². The normalized spacial score (nSPS) is 12.0. The predicted molar refractivity (Wildman–Crippen MR) is 93.8 cm³/mol. The zero-order chi connectivity index (χ0) is 18.4. The number of nitrogens with zero attached hydrogens (tertiary/aromatic N) is 2. The second-order valence-corrected chi connectivity index (χ2v) is 6.08. The Labute approximate surface area is 147 Å². The lowest BCUT2D eigenvalue weighted by Gasteiger charge is -2.13. The van der Waals surface area contributed by atoms with Gasteiger partial charge in [0.15, 0.2) is 0 Å². The smallest absolute Gasteiger partial charge is 0.314 e. The van der Waals surface area contributed by atoms with Gasteiger partial charge in [-0.15, -0.1) is 0 Å². The maximum absolute atomic E-state index is 12.8. The second-order valence-electron chi connectivity index (χ2n) is 6.08. The van der Waals surface area contributed by atoms with E-state index in [0.717, 1.165) is 24.2 Å². The number of rotatable bonds is 7. The fourth-order valence-electron chi connectivity index (χ4n) is 2.70. The van der Waals surface area contributed by atoms with Crippen molar-refractivity contribution in [2.75, 3.05) is 13.1 Å². The Morgan fingerprint density at radius 2 is 1.96 bits per heavy atom. The van der Waals surface area contributed by atoms with Crippen LogP contribution in [-0.2, 0) is 13.5 Å². The molecule has 0 spiro atoms. The van der Waals surface area contributed by atoms with Crippen LogP contribution in [0.25, 0.3) is 0 Å². The highest BCUT2D eigenvalue weighted by Gasteiger charge is 2.11. The third-order valence-corrected chi connectivity index (χ3v) is 4.26. The number of aromatic nitrogens is 2. The van der Waals surface area contributed by atoms with Gasteiger partial charge in [-0.05, 0) is 49.9 Å². The van der Waals surface area contributed by atoms with Crippen molar-refractivity contribution in [2.24, 2.45) is 7.05 Å². The van der Waals surface area contributed by atoms with E-state index in [1.54, 1.807) is 0 Å². The first-order chi connectivity index (χ1) is 11.9. The molecule has 1 aromatic heterocycles. The number of hydrogen-bond acceptors (Lipinski definition) is 3. The van der Waals surface area contributed by atoms with E-state index in [-0.39, 0.29) is 18.4 Å². The number of carbonyl (C=O) groups excluding carboxylic acids is 1. The molecule has 1 heterocycles. The van der Waals surface area contributed by atoms with E-state index in [0.29, 0.717) is 12.1 Å². The Balaban J connectivity index is 1.68. The maximum Gasteiger partial charge on any atom is 0.314 e. The number of hydrogen-bond donors (Lipinski definition) is 3. The maximum atomic E-state index is 12.8. The molecular weight excluding hydrogens is 323 g/mol. The van der Waals surface area contributed by atoms with Crippen LogP contribution in [0.1, 0.15) is 35.0 Å². The third-order valence-electron chi connectivity index (χ3n) is 4.26. The highest BCUT2D eigenvalue weighted by molar-refractivity contribution is 5.73. The molecule has 0 saturated carbocycles. The molecule has 25 heavy (non-hydrogen) atoms. The molecule has 3 N–H and O–H groups in total. The van der Waals surface area contributed by atoms with Crippen LogP contribution in [0.3, 0.4) is 0 Å². The van der Waals surface area contributed by atoms with Gasteiger partial charge in [0.25, 0.3) is 0 Å². The van der Waals surface area contributed by atoms with E-state index in [4.69, 9.17) is 0 Å². The lowest BCUT2D eigenvalue weighted by atomic mass is 10.1. The molecule has 7 heteroatoms. The van der Waals surface area contributed by atoms with Crippen LogP contribution in [0.4, 0.5) is 9.18 Å². The first kappa shape index (κ1) is 18.9. The fraction of sp³-hybridized carbons (Fsp3) is 0.444. The molecule has 2 aromatic rings. The number of urea groups is 1. The number of benzene rings is 1. The summed E-state index contributed by atoms with van der Waals surface area (Å²) in [4.78, 5) is 11.8. The van der Waals surface area contributed by atoms with Crippen LogP contribution in [-0.4, -0.2) is 34.0 Å². The third kappa shape index (κ3) is 5.29. The summed E-state index contributed by atoms with van der Waals surface area (Å²) in [6.45, 7) is 4.62. The van der Waals surface area contributed by atoms with Crippen molar-refractivity contribution in [3.8, 4) is 0 Å². The van der Waals surface area contributed by atoms with Crippen molar-refractivity contribution in [2.45, 2.75) is 32.8 Å². The highest BCUT2D eigenvalue weighted by Crippen LogP contribution is 2.14. The van der Waals surface area contributed by atoms with E-state index < -0.39 is 6.10 Å². The van der Waals surface area contributed by atoms with Crippen LogP contribution in [0.5, 0.6) is 0 Å². The van der Waals surface area contributed by atoms with Gasteiger partial charge in [-0.2, -0.15) is 5.10 Å². The topological polar surface area (TPSA) is 79.2 Å². The van der Waals surface area contributed by atoms with Crippen LogP contribution in [0.15, 0.2) is 24.3 Å². The zero-order valence-electron chi connectivity index (χ0n) is 14.8. The van der Waals surface area contributed by atoms with Gasteiger partial charge in [0.1, 0.15) is 5.82 Å². The van der Waals surface area contributed by atoms with Gasteiger partial charge < -0.3 is 15.7 Å². The average Bonchev–Trinajstić information content (AvgIpc) is 2.82. The van der Waals surface area contributed by atoms with Gasteiger partial charge in [-0.25, -0.2) is 9.18 Å². The van der Waals surface area contributed by atoms with Crippen molar-refractivity contribution in [3.63, 3.8) is 0 Å². The van der Waals surface area contributed by atoms with Gasteiger partial charge in [0.05, 0.1) is 11.8 Å². The highest BCUT2D eigenvalue weighted by atomic mass is 19.1. The van der Waals surface area contributed by atoms with Crippen molar-refractivity contribution in [1.29, 1.82) is 0 Å². The minimum absolute atomic E-state index is 0.0677. The quantitative estimate of drug-likeness (QED) is 0.671. The summed E-state index contributed by atoms with van der Waals surface area (Å²) in [5, 5.41) is 19.7. The minimum atomic E-state index is -0.868. The molecule has 6 nitrogen and oxygen atoms in total. The van der Waals surface area contributed by atoms with Crippen LogP contribution < -0.4 is 10.6 Å². The largest absolute Gasteiger partial charge is 0.387 e. The fourth-order valence-corrected chi connectivity index (χ4v) is 2.70. The molecule has 1 unspecified atom stereocenters. The van der Waals surface area contributed by atoms with E-state index >= 15 is 0 Å². The summed E-state index contributed by atoms with van der Waals surface area (Å²) in [5.41, 5.74) is 3.94. The van der Waals surface area contributed by atoms with Crippen LogP contribution >= 0.6 is 0 Å². The van der Waals surface area contributed by atoms with Crippen molar-refractivity contribution in [3.05, 3.63) is 52.6 Å². The van der Waals surface area contributed by atoms with Gasteiger partial charge in [0, 0.05) is 25.8 Å². The lowest BCUT2D eigenvalue weighted by molar-refractivity contribution is 0.173. The number of aryl methyl sites for hydroxylation is 2. The Morgan fingerprint density at radius 1 is 1.28 bits per heavy atom. The monoisotopic (exact) mass is 348 g/mol. The first-order valence-corrected chi connectivity index (χ1v) is 8.32. The molecule has 1 atom stereocenters. The van der Waals surface area contributed by atoms with E-state index in [1.807, 2.05) is 25.6 Å². The molecule has 0 bridgehead atoms. The molecule has 1 aromatic carbocycles. The number of amides is 2. The van der Waals surface area contributed by atoms with Crippen LogP contribution in [0, 0.1) is 19.7 Å². The number of aliphatic hydroxyl groups is 1. The molecule has 0 radical (unpaired) electrons. The first-order valence-electron chi connectivity index (χ1n) is 8.32. The minimum Gasteiger partial charge on any atom is -0.387 e. The lowest BCUT2D eigenvalue weighted by Crippen LogP contribution is -2.38. The Kier molecular flexibility index (Phi) is 6.52. The summed E-state index contributed by atoms with van der Waals surface area (Å²) in [5.74, 6) is -0.360. The number of aliphatic hydroxyl groups excluding tert-OH is 1. The summed E-state index contributed by atoms with van der Waals surface area (Å²) in [7, 11) is 1.92. The molecule has 2 rings (SSSR count). The van der Waals surface area contributed by atoms with Crippen molar-refractivity contribution >= 4 is 6.03 Å². The van der Waals surface area contributed by atoms with Crippen molar-refractivity contribution < 1.29 is 14.3 Å². The average molecular weight is 348 g/mol. The molecule has 136 valence electrons. The summed E-state index contributed by atoms with van der Waals surface area (Å²) in [6, 6.07) is 5.22. The van der Waals surface area contributed by atoms with Crippen LogP contribution in [0.2, 0.25) is 0 Å². The summed E-state index contributed by atoms with van der Waals surface area (Å²) < 4.78 is 14.7. The Hall–Kier alpha value is -2.41. The standard InChI is InChI=1S/C18H25FN4O2/c1-12-16(13(2)23(3)22-12)5-4-10-20-18(25)21-11-17(24)14-6-8-15(19)9-7-14/h6-9,17,24H,4-5,10-11H2,1-3H3,(H2,20,21,25). The molecular formula is C18H25FN4O2. The molecule has 0 saturated heterocycles. The number of halogens is 1. The number of carbonyl (C=O) groups is 1. The van der Waals surface area contributed by atoms with Gasteiger partial charge in [0.2, 0.25) is 0 Å². The Morgan fingerprint density at radius 3 is 2.56 bits per heavy atom. The summed E-state index contributed by atoms with van der Waals surface area (Å²) >= 11 is 0. The molecule has 0 fully saturated rings. The zero-order valence-corrected chi connectivity index (χ0v) is 14.8. The SMILES string of the molecule is Cc1nn(C)c(C)c1CCCNC(=O)NCC(O)c1ccc(F)cc1. The Bertz CT molecular complexity index is 713. The molecule has 0 aliphatic carbocycles.